The van der Waals surface area contributed by atoms with E-state index in [2.05, 4.69) is 4.72 Å². The van der Waals surface area contributed by atoms with Crippen molar-refractivity contribution in [1.29, 1.82) is 10.5 Å². The van der Waals surface area contributed by atoms with Crippen LogP contribution in [0.25, 0.3) is 10.1 Å². The Hall–Kier alpha value is -4.70. The second-order valence-corrected chi connectivity index (χ2v) is 17.8. The van der Waals surface area contributed by atoms with Crippen molar-refractivity contribution in [2.75, 3.05) is 12.0 Å². The van der Waals surface area contributed by atoms with Crippen LogP contribution in [-0.4, -0.2) is 28.9 Å². The maximum Gasteiger partial charge on any atom is 0.445 e. The van der Waals surface area contributed by atoms with Gasteiger partial charge in [-0.3, -0.25) is 0 Å². The molecule has 252 valence electrons. The maximum absolute atomic E-state index is 14.3. The molecule has 5 rings (SSSR count). The molecule has 0 saturated heterocycles. The average Bonchev–Trinajstić information content (AvgIpc) is 3.49. The van der Waals surface area contributed by atoms with Crippen molar-refractivity contribution in [2.24, 2.45) is 0 Å². The Morgan fingerprint density at radius 1 is 0.837 bits per heavy atom. The van der Waals surface area contributed by atoms with Crippen LogP contribution in [-0.2, 0) is 36.7 Å². The molecule has 0 spiro atoms. The normalized spacial score (nSPS) is 11.9. The number of rotatable bonds is 14. The molecule has 5 aromatic rings. The monoisotopic (exact) mass is 743 g/mol. The summed E-state index contributed by atoms with van der Waals surface area (Å²) >= 11 is 0.879. The van der Waals surface area contributed by atoms with Crippen molar-refractivity contribution in [2.45, 2.75) is 22.9 Å². The van der Waals surface area contributed by atoms with Crippen molar-refractivity contribution in [1.82, 2.24) is 4.72 Å². The molecule has 11 nitrogen and oxygen atoms in total. The molecule has 2 aromatic heterocycles. The van der Waals surface area contributed by atoms with Gasteiger partial charge < -0.3 is 9.05 Å². The summed E-state index contributed by atoms with van der Waals surface area (Å²) in [5, 5.41) is 18.5. The number of hydrogen-bond donors (Lipinski definition) is 1. The fourth-order valence-corrected chi connectivity index (χ4v) is 10.4. The van der Waals surface area contributed by atoms with Crippen LogP contribution in [0.4, 0.5) is 8.78 Å². The minimum absolute atomic E-state index is 0.0332. The summed E-state index contributed by atoms with van der Waals surface area (Å²) in [5.41, 5.74) is -0.179. The molecular weight excluding hydrogens is 718 g/mol. The van der Waals surface area contributed by atoms with E-state index in [1.807, 2.05) is 35.2 Å². The lowest BCUT2D eigenvalue weighted by Crippen LogP contribution is -2.33. The lowest BCUT2D eigenvalue weighted by Gasteiger charge is -2.20. The van der Waals surface area contributed by atoms with Gasteiger partial charge in [0.2, 0.25) is 0 Å². The zero-order valence-electron chi connectivity index (χ0n) is 25.3. The molecule has 0 radical (unpaired) electrons. The van der Waals surface area contributed by atoms with E-state index in [0.29, 0.717) is 28.6 Å². The summed E-state index contributed by atoms with van der Waals surface area (Å²) in [5.74, 6) is -3.00. The summed E-state index contributed by atoms with van der Waals surface area (Å²) < 4.78 is 110. The summed E-state index contributed by atoms with van der Waals surface area (Å²) in [6, 6.07) is 20.8. The largest absolute Gasteiger partial charge is 0.445 e. The summed E-state index contributed by atoms with van der Waals surface area (Å²) in [7, 11) is -12.5. The third-order valence-corrected chi connectivity index (χ3v) is 13.3. The first-order valence-corrected chi connectivity index (χ1v) is 20.2. The van der Waals surface area contributed by atoms with Crippen LogP contribution in [0.3, 0.4) is 0 Å². The molecule has 0 aliphatic carbocycles. The third-order valence-electron chi connectivity index (χ3n) is 6.92. The standard InChI is InChI=1S/C32H26F2N4O7PS3/c33-29-17-27(8-6-24(29)19-35)44-46(39,45-28-9-7-25(20-36)30(34)18-28)22-37-49(42,43)32-16-26-15-23(5-10-31(26)47-32)21-48(40,41)14-4-13-38-11-2-1-3-12-38/h1-3,5-12,15-18,37H,4,13-14,21-22H2/q+1. The summed E-state index contributed by atoms with van der Waals surface area (Å²) in [6.07, 6.45) is 3.13. The quantitative estimate of drug-likeness (QED) is 0.109. The number of hydrogen-bond acceptors (Lipinski definition) is 10. The molecule has 3 aromatic carbocycles. The minimum Gasteiger partial charge on any atom is -0.415 e. The van der Waals surface area contributed by atoms with Crippen molar-refractivity contribution >= 4 is 48.9 Å². The van der Waals surface area contributed by atoms with E-state index in [-0.39, 0.29) is 38.3 Å². The predicted molar refractivity (Wildman–Crippen MR) is 177 cm³/mol. The molecule has 0 amide bonds. The van der Waals surface area contributed by atoms with E-state index in [4.69, 9.17) is 19.6 Å². The van der Waals surface area contributed by atoms with Gasteiger partial charge in [-0.05, 0) is 53.4 Å². The van der Waals surface area contributed by atoms with E-state index >= 15 is 0 Å². The molecule has 1 N–H and O–H groups in total. The molecule has 0 aliphatic heterocycles. The number of fused-ring (bicyclic) bond motifs is 1. The van der Waals surface area contributed by atoms with Gasteiger partial charge in [-0.25, -0.2) is 34.7 Å². The fourth-order valence-electron chi connectivity index (χ4n) is 4.59. The lowest BCUT2D eigenvalue weighted by atomic mass is 10.2. The number of thiophene rings is 1. The van der Waals surface area contributed by atoms with Gasteiger partial charge in [0.15, 0.2) is 22.2 Å². The molecule has 0 saturated carbocycles. The second-order valence-electron chi connectivity index (χ2n) is 10.6. The third kappa shape index (κ3) is 9.26. The van der Waals surface area contributed by atoms with E-state index in [0.717, 1.165) is 47.7 Å². The fraction of sp³-hybridized carbons (Fsp3) is 0.156. The molecule has 0 unspecified atom stereocenters. The van der Waals surface area contributed by atoms with Crippen LogP contribution in [0.1, 0.15) is 23.1 Å². The zero-order valence-corrected chi connectivity index (χ0v) is 28.7. The van der Waals surface area contributed by atoms with Crippen molar-refractivity contribution in [3.8, 4) is 23.6 Å². The van der Waals surface area contributed by atoms with Crippen molar-refractivity contribution in [3.63, 3.8) is 0 Å². The first kappa shape index (κ1) is 35.6. The Morgan fingerprint density at radius 2 is 1.45 bits per heavy atom. The van der Waals surface area contributed by atoms with E-state index in [9.17, 15) is 30.2 Å². The van der Waals surface area contributed by atoms with Crippen LogP contribution in [0.15, 0.2) is 95.5 Å². The van der Waals surface area contributed by atoms with Gasteiger partial charge in [-0.2, -0.15) is 15.2 Å². The number of pyridine rings is 1. The Kier molecular flexibility index (Phi) is 10.8. The average molecular weight is 744 g/mol. The molecule has 49 heavy (non-hydrogen) atoms. The molecule has 0 fully saturated rings. The van der Waals surface area contributed by atoms with Gasteiger partial charge in [-0.1, -0.05) is 12.1 Å². The molecule has 0 aliphatic rings. The van der Waals surface area contributed by atoms with Crippen LogP contribution in [0.5, 0.6) is 11.5 Å². The minimum atomic E-state index is -4.62. The number of halogens is 2. The second kappa shape index (κ2) is 14.8. The van der Waals surface area contributed by atoms with Gasteiger partial charge in [0, 0.05) is 35.4 Å². The molecular formula is C32H26F2N4O7PS3+. The van der Waals surface area contributed by atoms with E-state index in [1.54, 1.807) is 30.3 Å². The summed E-state index contributed by atoms with van der Waals surface area (Å²) in [4.78, 5) is 0. The van der Waals surface area contributed by atoms with Crippen molar-refractivity contribution in [3.05, 3.63) is 120 Å². The number of aryl methyl sites for hydroxylation is 1. The van der Waals surface area contributed by atoms with Gasteiger partial charge >= 0.3 is 7.60 Å². The topological polar surface area (TPSA) is 167 Å². The number of benzene rings is 3. The highest BCUT2D eigenvalue weighted by atomic mass is 32.2. The van der Waals surface area contributed by atoms with Gasteiger partial charge in [0.25, 0.3) is 10.0 Å². The smallest absolute Gasteiger partial charge is 0.415 e. The number of aromatic nitrogens is 1. The summed E-state index contributed by atoms with van der Waals surface area (Å²) in [6.45, 7) is 0.537. The number of nitrogens with one attached hydrogen (secondary N) is 1. The number of nitriles is 2. The first-order chi connectivity index (χ1) is 23.3. The van der Waals surface area contributed by atoms with Crippen LogP contribution in [0, 0.1) is 34.3 Å². The Bertz CT molecular complexity index is 2310. The molecule has 17 heteroatoms. The lowest BCUT2D eigenvalue weighted by molar-refractivity contribution is -0.696. The molecule has 2 heterocycles. The highest BCUT2D eigenvalue weighted by Gasteiger charge is 2.32. The van der Waals surface area contributed by atoms with Crippen LogP contribution < -0.4 is 18.3 Å². The van der Waals surface area contributed by atoms with Crippen LogP contribution in [0.2, 0.25) is 0 Å². The van der Waals surface area contributed by atoms with E-state index < -0.39 is 45.4 Å². The maximum atomic E-state index is 14.3. The van der Waals surface area contributed by atoms with Gasteiger partial charge in [0.1, 0.15) is 52.3 Å². The first-order valence-electron chi connectivity index (χ1n) is 14.3. The Balaban J connectivity index is 1.32. The highest BCUT2D eigenvalue weighted by Crippen LogP contribution is 2.48. The van der Waals surface area contributed by atoms with Gasteiger partial charge in [0.05, 0.1) is 22.6 Å². The van der Waals surface area contributed by atoms with Gasteiger partial charge in [-0.15, -0.1) is 11.3 Å². The van der Waals surface area contributed by atoms with Crippen molar-refractivity contribution < 1.29 is 43.8 Å². The number of nitrogens with zero attached hydrogens (tertiary/aromatic N) is 3. The predicted octanol–water partition coefficient (Wildman–Crippen LogP) is 5.80. The highest BCUT2D eigenvalue weighted by molar-refractivity contribution is 7.92. The van der Waals surface area contributed by atoms with E-state index in [1.165, 1.54) is 6.07 Å². The SMILES string of the molecule is N#Cc1ccc(OP(=O)(CNS(=O)(=O)c2cc3cc(CS(=O)(=O)CCC[n+]4ccccc4)ccc3s2)Oc2ccc(C#N)c(F)c2)cc1F. The Labute approximate surface area is 285 Å². The molecule has 0 bridgehead atoms. The van der Waals surface area contributed by atoms with Crippen LogP contribution >= 0.6 is 18.9 Å². The number of sulfonamides is 1. The number of sulfone groups is 1. The zero-order chi connectivity index (χ0) is 35.2. The Morgan fingerprint density at radius 3 is 2.02 bits per heavy atom. The molecule has 0 atom stereocenters.